The molecule has 2 heterocycles. The normalized spacial score (nSPS) is 15.5. The average Bonchev–Trinajstić information content (AvgIpc) is 3.17. The van der Waals surface area contributed by atoms with E-state index in [-0.39, 0.29) is 0 Å². The molecule has 3 aromatic rings. The van der Waals surface area contributed by atoms with Crippen LogP contribution in [0.2, 0.25) is 0 Å². The van der Waals surface area contributed by atoms with Crippen LogP contribution in [0.15, 0.2) is 63.4 Å². The van der Waals surface area contributed by atoms with Gasteiger partial charge in [-0.2, -0.15) is 0 Å². The Morgan fingerprint density at radius 3 is 2.47 bits per heavy atom. The number of nitrogens with zero attached hydrogens (tertiary/aromatic N) is 3. The molecule has 0 aliphatic carbocycles. The highest BCUT2D eigenvalue weighted by Crippen LogP contribution is 2.24. The molecule has 0 atom stereocenters. The SMILES string of the molecule is CCOc1ccc(N=c2scc(-c3ccc(Br)cc3)n2CCN2CCOCC2)cc1. The molecular weight excluding hydrogens is 462 g/mol. The van der Waals surface area contributed by atoms with E-state index in [1.54, 1.807) is 11.3 Å². The second-order valence-electron chi connectivity index (χ2n) is 7.05. The summed E-state index contributed by atoms with van der Waals surface area (Å²) in [6.45, 7) is 8.15. The first kappa shape index (κ1) is 21.3. The summed E-state index contributed by atoms with van der Waals surface area (Å²) >= 11 is 5.22. The van der Waals surface area contributed by atoms with Gasteiger partial charge < -0.3 is 14.0 Å². The van der Waals surface area contributed by atoms with E-state index in [1.807, 2.05) is 31.2 Å². The fraction of sp³-hybridized carbons (Fsp3) is 0.348. The highest BCUT2D eigenvalue weighted by Gasteiger charge is 2.13. The van der Waals surface area contributed by atoms with Gasteiger partial charge in [0.2, 0.25) is 0 Å². The molecule has 158 valence electrons. The number of ether oxygens (including phenoxy) is 2. The van der Waals surface area contributed by atoms with Crippen molar-refractivity contribution in [3.8, 4) is 17.0 Å². The molecule has 5 nitrogen and oxygen atoms in total. The van der Waals surface area contributed by atoms with Gasteiger partial charge in [-0.25, -0.2) is 4.99 Å². The van der Waals surface area contributed by atoms with Crippen LogP contribution in [0.4, 0.5) is 5.69 Å². The molecule has 1 aromatic heterocycles. The van der Waals surface area contributed by atoms with Crippen LogP contribution in [-0.2, 0) is 11.3 Å². The third-order valence-electron chi connectivity index (χ3n) is 5.05. The molecule has 0 spiro atoms. The molecule has 30 heavy (non-hydrogen) atoms. The molecule has 0 radical (unpaired) electrons. The van der Waals surface area contributed by atoms with E-state index < -0.39 is 0 Å². The zero-order chi connectivity index (χ0) is 20.8. The molecule has 2 aromatic carbocycles. The number of rotatable bonds is 7. The van der Waals surface area contributed by atoms with Crippen LogP contribution >= 0.6 is 27.3 Å². The van der Waals surface area contributed by atoms with Gasteiger partial charge in [-0.3, -0.25) is 4.90 Å². The van der Waals surface area contributed by atoms with Crippen LogP contribution in [0.3, 0.4) is 0 Å². The minimum atomic E-state index is 0.666. The minimum absolute atomic E-state index is 0.666. The van der Waals surface area contributed by atoms with E-state index in [4.69, 9.17) is 14.5 Å². The van der Waals surface area contributed by atoms with Crippen molar-refractivity contribution in [3.63, 3.8) is 0 Å². The summed E-state index contributed by atoms with van der Waals surface area (Å²) in [6, 6.07) is 16.4. The highest BCUT2D eigenvalue weighted by molar-refractivity contribution is 9.10. The quantitative estimate of drug-likeness (QED) is 0.473. The summed E-state index contributed by atoms with van der Waals surface area (Å²) in [6.07, 6.45) is 0. The second-order valence-corrected chi connectivity index (χ2v) is 8.81. The number of hydrogen-bond acceptors (Lipinski definition) is 5. The van der Waals surface area contributed by atoms with Crippen LogP contribution < -0.4 is 9.54 Å². The summed E-state index contributed by atoms with van der Waals surface area (Å²) in [4.78, 5) is 8.41. The maximum Gasteiger partial charge on any atom is 0.190 e. The molecule has 1 aliphatic rings. The number of halogens is 1. The third kappa shape index (κ3) is 5.40. The van der Waals surface area contributed by atoms with Crippen LogP contribution in [-0.4, -0.2) is 48.9 Å². The number of aromatic nitrogens is 1. The average molecular weight is 488 g/mol. The summed E-state index contributed by atoms with van der Waals surface area (Å²) in [5.74, 6) is 0.873. The van der Waals surface area contributed by atoms with Crippen LogP contribution in [0.5, 0.6) is 5.75 Å². The number of benzene rings is 2. The van der Waals surface area contributed by atoms with E-state index in [2.05, 4.69) is 55.0 Å². The van der Waals surface area contributed by atoms with Crippen LogP contribution in [0, 0.1) is 0 Å². The Labute approximate surface area is 189 Å². The Bertz CT molecular complexity index is 1010. The molecule has 0 N–H and O–H groups in total. The molecule has 0 unspecified atom stereocenters. The summed E-state index contributed by atoms with van der Waals surface area (Å²) < 4.78 is 14.5. The van der Waals surface area contributed by atoms with Gasteiger partial charge in [0, 0.05) is 36.0 Å². The molecule has 4 rings (SSSR count). The van der Waals surface area contributed by atoms with Gasteiger partial charge in [-0.05, 0) is 48.9 Å². The molecule has 1 saturated heterocycles. The first-order valence-electron chi connectivity index (χ1n) is 10.2. The van der Waals surface area contributed by atoms with Gasteiger partial charge in [0.15, 0.2) is 4.80 Å². The number of hydrogen-bond donors (Lipinski definition) is 0. The maximum absolute atomic E-state index is 5.55. The van der Waals surface area contributed by atoms with E-state index in [0.29, 0.717) is 6.61 Å². The molecule has 7 heteroatoms. The minimum Gasteiger partial charge on any atom is -0.494 e. The Hall–Kier alpha value is -1.93. The standard InChI is InChI=1S/C23H26BrN3O2S/c1-2-29-21-9-7-20(8-10-21)25-23-27(12-11-26-13-15-28-16-14-26)22(17-30-23)18-3-5-19(24)6-4-18/h3-10,17H,2,11-16H2,1H3. The Morgan fingerprint density at radius 1 is 1.03 bits per heavy atom. The molecule has 0 saturated carbocycles. The van der Waals surface area contributed by atoms with Crippen molar-refractivity contribution >= 4 is 33.0 Å². The van der Waals surface area contributed by atoms with Crippen molar-refractivity contribution in [2.24, 2.45) is 4.99 Å². The zero-order valence-electron chi connectivity index (χ0n) is 17.1. The Balaban J connectivity index is 1.65. The molecule has 0 amide bonds. The number of morpholine rings is 1. The summed E-state index contributed by atoms with van der Waals surface area (Å²) in [7, 11) is 0. The van der Waals surface area contributed by atoms with E-state index in [0.717, 1.165) is 60.1 Å². The largest absolute Gasteiger partial charge is 0.494 e. The molecule has 1 fully saturated rings. The molecule has 0 bridgehead atoms. The highest BCUT2D eigenvalue weighted by atomic mass is 79.9. The first-order valence-corrected chi connectivity index (χ1v) is 11.9. The monoisotopic (exact) mass is 487 g/mol. The topological polar surface area (TPSA) is 39.0 Å². The van der Waals surface area contributed by atoms with Crippen molar-refractivity contribution < 1.29 is 9.47 Å². The van der Waals surface area contributed by atoms with E-state index in [9.17, 15) is 0 Å². The summed E-state index contributed by atoms with van der Waals surface area (Å²) in [5.41, 5.74) is 3.33. The van der Waals surface area contributed by atoms with E-state index in [1.165, 1.54) is 11.3 Å². The van der Waals surface area contributed by atoms with E-state index >= 15 is 0 Å². The lowest BCUT2D eigenvalue weighted by Gasteiger charge is -2.26. The van der Waals surface area contributed by atoms with Gasteiger partial charge in [-0.1, -0.05) is 28.1 Å². The van der Waals surface area contributed by atoms with Gasteiger partial charge in [0.05, 0.1) is 31.2 Å². The van der Waals surface area contributed by atoms with Crippen molar-refractivity contribution in [3.05, 3.63) is 63.2 Å². The Kier molecular flexibility index (Phi) is 7.38. The third-order valence-corrected chi connectivity index (χ3v) is 6.45. The summed E-state index contributed by atoms with van der Waals surface area (Å²) in [5, 5.41) is 2.20. The predicted molar refractivity (Wildman–Crippen MR) is 126 cm³/mol. The lowest BCUT2D eigenvalue weighted by atomic mass is 10.2. The lowest BCUT2D eigenvalue weighted by molar-refractivity contribution is 0.0363. The van der Waals surface area contributed by atoms with Gasteiger partial charge in [0.1, 0.15) is 5.75 Å². The van der Waals surface area contributed by atoms with Crippen molar-refractivity contribution in [1.29, 1.82) is 0 Å². The van der Waals surface area contributed by atoms with Crippen molar-refractivity contribution in [2.75, 3.05) is 39.5 Å². The van der Waals surface area contributed by atoms with Crippen molar-refractivity contribution in [1.82, 2.24) is 9.47 Å². The second kappa shape index (κ2) is 10.4. The fourth-order valence-electron chi connectivity index (χ4n) is 3.45. The number of thiazole rings is 1. The molecular formula is C23H26BrN3O2S. The van der Waals surface area contributed by atoms with Crippen LogP contribution in [0.1, 0.15) is 6.92 Å². The van der Waals surface area contributed by atoms with Crippen LogP contribution in [0.25, 0.3) is 11.3 Å². The van der Waals surface area contributed by atoms with Gasteiger partial charge >= 0.3 is 0 Å². The smallest absolute Gasteiger partial charge is 0.190 e. The van der Waals surface area contributed by atoms with Gasteiger partial charge in [-0.15, -0.1) is 11.3 Å². The predicted octanol–water partition coefficient (Wildman–Crippen LogP) is 4.94. The maximum atomic E-state index is 5.55. The fourth-order valence-corrected chi connectivity index (χ4v) is 4.67. The van der Waals surface area contributed by atoms with Crippen molar-refractivity contribution in [2.45, 2.75) is 13.5 Å². The van der Waals surface area contributed by atoms with Gasteiger partial charge in [0.25, 0.3) is 0 Å². The Morgan fingerprint density at radius 2 is 1.77 bits per heavy atom. The first-order chi connectivity index (χ1) is 14.7. The lowest BCUT2D eigenvalue weighted by Crippen LogP contribution is -2.39. The molecule has 1 aliphatic heterocycles. The zero-order valence-corrected chi connectivity index (χ0v) is 19.5.